The Balaban J connectivity index is 0.000000132. The zero-order chi connectivity index (χ0) is 76.1. The van der Waals surface area contributed by atoms with Crippen molar-refractivity contribution in [2.24, 2.45) is 41.2 Å². The van der Waals surface area contributed by atoms with E-state index in [0.29, 0.717) is 46.1 Å². The van der Waals surface area contributed by atoms with Gasteiger partial charge in [0.05, 0.1) is 0 Å². The fourth-order valence-corrected chi connectivity index (χ4v) is 16.7. The summed E-state index contributed by atoms with van der Waals surface area (Å²) in [6, 6.07) is 63.6. The first-order chi connectivity index (χ1) is 50.6. The highest BCUT2D eigenvalue weighted by Gasteiger charge is 2.39. The van der Waals surface area contributed by atoms with Crippen molar-refractivity contribution in [2.45, 2.75) is 102 Å². The lowest BCUT2D eigenvalue weighted by molar-refractivity contribution is -0.654. The van der Waals surface area contributed by atoms with Gasteiger partial charge < -0.3 is 24.1 Å². The Morgan fingerprint density at radius 1 is 0.302 bits per heavy atom. The topological polar surface area (TPSA) is 35.6 Å². The second-order valence-corrected chi connectivity index (χ2v) is 31.3. The number of rotatable bonds is 8. The molecule has 0 unspecified atom stereocenters. The minimum atomic E-state index is 0.290. The van der Waals surface area contributed by atoms with Crippen LogP contribution in [-0.2, 0) is 41.7 Å². The molecule has 0 atom stereocenters. The van der Waals surface area contributed by atoms with E-state index >= 15 is 0 Å². The number of nitrogens with zero attached hydrogens (tertiary/aromatic N) is 10. The van der Waals surface area contributed by atoms with Crippen LogP contribution in [0.25, 0.3) is 58.4 Å². The molecule has 0 bridgehead atoms. The van der Waals surface area contributed by atoms with Gasteiger partial charge in [-0.05, 0) is 233 Å². The predicted octanol–water partition coefficient (Wildman–Crippen LogP) is 2.57. The minimum absolute atomic E-state index is 0.290. The van der Waals surface area contributed by atoms with Crippen LogP contribution in [-0.4, -0.2) is 93.5 Å². The van der Waals surface area contributed by atoms with Crippen molar-refractivity contribution in [3.63, 3.8) is 0 Å². The molecule has 5 aromatic carbocycles. The third-order valence-electron chi connectivity index (χ3n) is 22.4. The Kier molecular flexibility index (Phi) is 24.1. The summed E-state index contributed by atoms with van der Waals surface area (Å²) in [5, 5.41) is 13.3. The normalized spacial score (nSPS) is 14.1. The highest BCUT2D eigenvalue weighted by molar-refractivity contribution is 6.87. The molecule has 106 heavy (non-hydrogen) atoms. The summed E-state index contributed by atoms with van der Waals surface area (Å²) in [6.07, 6.45) is 23.3. The molecule has 5 aliphatic heterocycles. The number of hydrogen-bond acceptors (Lipinski definition) is 5. The average molecular weight is 1400 g/mol. The number of pyridine rings is 5. The molecular weight excluding hydrogens is 1290 g/mol. The van der Waals surface area contributed by atoms with Crippen molar-refractivity contribution in [3.8, 4) is 0 Å². The third-order valence-corrected chi connectivity index (χ3v) is 22.4. The summed E-state index contributed by atoms with van der Waals surface area (Å²) in [5.74, 6) is 1.22. The van der Waals surface area contributed by atoms with Crippen LogP contribution in [0.2, 0.25) is 0 Å². The zero-order valence-electron chi connectivity index (χ0n) is 67.7. The van der Waals surface area contributed by atoms with Crippen molar-refractivity contribution >= 4 is 121 Å². The highest BCUT2D eigenvalue weighted by atomic mass is 15.1. The quantitative estimate of drug-likeness (QED) is 0.173. The van der Waals surface area contributed by atoms with Crippen molar-refractivity contribution in [3.05, 3.63) is 292 Å². The molecule has 0 saturated carbocycles. The molecule has 0 N–H and O–H groups in total. The lowest BCUT2D eigenvalue weighted by atomic mass is 9.49. The fourth-order valence-electron chi connectivity index (χ4n) is 16.7. The Hall–Kier alpha value is -10.1. The number of hydrogen-bond donors (Lipinski definition) is 0. The molecule has 0 fully saturated rings. The van der Waals surface area contributed by atoms with Crippen molar-refractivity contribution in [1.82, 2.24) is 24.1 Å². The van der Waals surface area contributed by atoms with E-state index in [1.165, 1.54) is 141 Å². The molecule has 10 heterocycles. The Morgan fingerprint density at radius 3 is 0.991 bits per heavy atom. The molecule has 0 saturated heterocycles. The number of aryl methyl sites for hydroxylation is 9. The van der Waals surface area contributed by atoms with Crippen molar-refractivity contribution < 1.29 is 22.8 Å². The second-order valence-electron chi connectivity index (χ2n) is 31.3. The summed E-state index contributed by atoms with van der Waals surface area (Å²) in [4.78, 5) is 11.6. The lowest BCUT2D eigenvalue weighted by Crippen LogP contribution is -2.62. The van der Waals surface area contributed by atoms with Crippen LogP contribution in [0.4, 0.5) is 0 Å². The fraction of sp³-hybridized carbons (Fsp3) is 0.286. The number of aromatic nitrogens is 5. The van der Waals surface area contributed by atoms with E-state index in [1.807, 2.05) is 0 Å². The predicted molar refractivity (Wildman–Crippen MR) is 452 cm³/mol. The van der Waals surface area contributed by atoms with E-state index in [4.69, 9.17) is 0 Å². The summed E-state index contributed by atoms with van der Waals surface area (Å²) < 4.78 is 11.2. The first-order valence-corrected chi connectivity index (χ1v) is 38.0. The lowest BCUT2D eigenvalue weighted by Gasteiger charge is -2.26. The summed E-state index contributed by atoms with van der Waals surface area (Å²) in [6.45, 7) is 30.4. The van der Waals surface area contributed by atoms with E-state index in [2.05, 4.69) is 445 Å². The van der Waals surface area contributed by atoms with Gasteiger partial charge in [-0.2, -0.15) is 0 Å². The van der Waals surface area contributed by atoms with Crippen LogP contribution in [0.5, 0.6) is 0 Å². The summed E-state index contributed by atoms with van der Waals surface area (Å²) >= 11 is 0. The molecule has 10 nitrogen and oxygen atoms in total. The standard InChI is InChI=1S/C20H26BN2.C19H24BN2.C18H22BN2.2C17H20BN2/c1-15(2)12-17-10-11-22(4)20(13-17)21-16(3)19-9-7-6-8-18(19)14-23(21)5;1-14(2)16-10-11-21(4)19(12-16)20-15(3)18-9-7-6-8-17(18)13-22(20)5;1-13-10-18(20(4)11-14(13)2)19-15(3)17-9-7-6-8-16(17)12-21(19)5;1-13-9-10-19(3)17(11-13)18-14(2)16-8-6-5-7-15(16)12-20(18)4;1-13-9-10-17(19(3)11-13)18-14(2)16-8-6-5-7-15(16)12-20(18)4/h6-11,13-15H,12H2,1-5H3;6-14H,1-5H3;6-12H,1-5H3;2*5-12H,1-4H3/q5*+1. The molecule has 0 spiro atoms. The minimum Gasteiger partial charge on any atom is -0.410 e. The molecule has 5 aliphatic rings. The largest absolute Gasteiger partial charge is 0.410 e. The first-order valence-electron chi connectivity index (χ1n) is 38.0. The van der Waals surface area contributed by atoms with E-state index < -0.39 is 0 Å². The maximum absolute atomic E-state index is 2.38. The Bertz CT molecular complexity index is 5660. The van der Waals surface area contributed by atoms with E-state index in [-0.39, 0.29) is 0 Å². The SMILES string of the molecule is CC1=c2ccccc2=CN(C)B1c1cc(C(C)C)cc[n+]1C.CC1=c2ccccc2=CN(C)B1c1cc(C)c(C)c[n+]1C.CC1=c2ccccc2=CN(C)B1c1cc(C)cc[n+]1C.CC1=c2ccccc2=CN(C)B1c1cc(CC(C)C)cc[n+]1C.CC1=c2ccccc2=CN(C)B1c1ccc(C)c[n+]1C. The smallest absolute Gasteiger partial charge is 0.399 e. The summed E-state index contributed by atoms with van der Waals surface area (Å²) in [5.41, 5.74) is 21.8. The van der Waals surface area contributed by atoms with Crippen molar-refractivity contribution in [2.75, 3.05) is 35.2 Å². The van der Waals surface area contributed by atoms with Gasteiger partial charge in [-0.15, -0.1) is 0 Å². The Morgan fingerprint density at radius 2 is 0.623 bits per heavy atom. The van der Waals surface area contributed by atoms with Gasteiger partial charge in [0.25, 0.3) is 0 Å². The van der Waals surface area contributed by atoms with Gasteiger partial charge in [0.1, 0.15) is 35.2 Å². The number of fused-ring (bicyclic) bond motifs is 5. The van der Waals surface area contributed by atoms with Crippen LogP contribution in [0, 0.1) is 33.6 Å². The maximum atomic E-state index is 2.38. The van der Waals surface area contributed by atoms with Gasteiger partial charge in [0, 0.05) is 53.6 Å². The van der Waals surface area contributed by atoms with Crippen LogP contribution < -0.4 is 103 Å². The molecule has 15 heteroatoms. The molecule has 536 valence electrons. The number of benzene rings is 5. The van der Waals surface area contributed by atoms with Crippen LogP contribution in [0.3, 0.4) is 0 Å². The van der Waals surface area contributed by atoms with Gasteiger partial charge >= 0.3 is 34.2 Å². The Labute approximate surface area is 634 Å². The molecule has 0 amide bonds. The van der Waals surface area contributed by atoms with Crippen molar-refractivity contribution in [1.29, 1.82) is 0 Å². The van der Waals surface area contributed by atoms with E-state index in [9.17, 15) is 0 Å². The van der Waals surface area contributed by atoms with Gasteiger partial charge in [0.2, 0.25) is 0 Å². The average Bonchev–Trinajstić information content (AvgIpc) is 0.796. The first kappa shape index (κ1) is 77.0. The highest BCUT2D eigenvalue weighted by Crippen LogP contribution is 2.16. The van der Waals surface area contributed by atoms with E-state index in [0.717, 1.165) is 6.42 Å². The van der Waals surface area contributed by atoms with Gasteiger partial charge in [-0.1, -0.05) is 176 Å². The van der Waals surface area contributed by atoms with Crippen LogP contribution >= 0.6 is 0 Å². The summed E-state index contributed by atoms with van der Waals surface area (Å²) in [7, 11) is 21.5. The molecule has 0 aliphatic carbocycles. The van der Waals surface area contributed by atoms with Gasteiger partial charge in [-0.3, -0.25) is 0 Å². The van der Waals surface area contributed by atoms with E-state index in [1.54, 1.807) is 0 Å². The molecular formula is C91H112B5N10+5. The molecule has 10 aromatic rings. The van der Waals surface area contributed by atoms with Crippen LogP contribution in [0.15, 0.2) is 207 Å². The van der Waals surface area contributed by atoms with Gasteiger partial charge in [0.15, 0.2) is 59.0 Å². The molecule has 15 rings (SSSR count). The third kappa shape index (κ3) is 16.6. The van der Waals surface area contributed by atoms with Crippen LogP contribution in [0.1, 0.15) is 102 Å². The monoisotopic (exact) mass is 1400 g/mol. The second kappa shape index (κ2) is 33.1. The zero-order valence-corrected chi connectivity index (χ0v) is 67.7. The molecule has 5 aromatic heterocycles. The van der Waals surface area contributed by atoms with Gasteiger partial charge in [-0.25, -0.2) is 22.8 Å². The molecule has 0 radical (unpaired) electrons. The maximum Gasteiger partial charge on any atom is 0.399 e.